The van der Waals surface area contributed by atoms with Crippen molar-refractivity contribution in [2.45, 2.75) is 70.6 Å². The third kappa shape index (κ3) is 4.86. The maximum Gasteiger partial charge on any atom is 0.408 e. The summed E-state index contributed by atoms with van der Waals surface area (Å²) in [6.45, 7) is 2.65. The molecule has 14 heteroatoms. The van der Waals surface area contributed by atoms with Crippen LogP contribution in [0.15, 0.2) is 24.5 Å². The number of ether oxygens (including phenoxy) is 1. The Labute approximate surface area is 221 Å². The molecule has 3 aromatic rings. The fourth-order valence-electron chi connectivity index (χ4n) is 5.62. The van der Waals surface area contributed by atoms with Crippen LogP contribution < -0.4 is 0 Å². The van der Waals surface area contributed by atoms with Crippen LogP contribution in [-0.2, 0) is 24.9 Å². The van der Waals surface area contributed by atoms with Crippen LogP contribution >= 0.6 is 0 Å². The lowest BCUT2D eigenvalue weighted by Gasteiger charge is -2.48. The minimum Gasteiger partial charge on any atom is -0.465 e. The molecule has 0 radical (unpaired) electrons. The highest BCUT2D eigenvalue weighted by Crippen LogP contribution is 2.40. The Hall–Kier alpha value is -3.52. The minimum absolute atomic E-state index is 0.0128. The molecule has 1 saturated heterocycles. The van der Waals surface area contributed by atoms with E-state index in [0.717, 1.165) is 22.8 Å². The third-order valence-electron chi connectivity index (χ3n) is 7.28. The van der Waals surface area contributed by atoms with Crippen LogP contribution in [-0.4, -0.2) is 69.5 Å². The molecule has 4 heterocycles. The molecule has 0 unspecified atom stereocenters. The number of halogens is 4. The summed E-state index contributed by atoms with van der Waals surface area (Å²) in [5, 5.41) is 14.1. The quantitative estimate of drug-likeness (QED) is 0.471. The monoisotopic (exact) mass is 551 g/mol. The average molecular weight is 552 g/mol. The molecule has 2 aliphatic heterocycles. The molecular weight excluding hydrogens is 522 g/mol. The molecule has 2 aliphatic rings. The van der Waals surface area contributed by atoms with Crippen LogP contribution in [0, 0.1) is 11.6 Å². The van der Waals surface area contributed by atoms with E-state index in [0.29, 0.717) is 11.4 Å². The van der Waals surface area contributed by atoms with Gasteiger partial charge in [0.05, 0.1) is 24.0 Å². The van der Waals surface area contributed by atoms with Gasteiger partial charge in [0.15, 0.2) is 11.6 Å². The second kappa shape index (κ2) is 9.90. The van der Waals surface area contributed by atoms with Gasteiger partial charge in [0, 0.05) is 37.3 Å². The maximum atomic E-state index is 14.8. The highest BCUT2D eigenvalue weighted by molar-refractivity contribution is 5.66. The Morgan fingerprint density at radius 3 is 2.56 bits per heavy atom. The van der Waals surface area contributed by atoms with Gasteiger partial charge in [-0.2, -0.15) is 13.9 Å². The number of imidazole rings is 1. The fourth-order valence-corrected chi connectivity index (χ4v) is 5.62. The smallest absolute Gasteiger partial charge is 0.408 e. The van der Waals surface area contributed by atoms with E-state index in [4.69, 9.17) is 4.74 Å². The van der Waals surface area contributed by atoms with E-state index in [9.17, 15) is 27.5 Å². The Bertz CT molecular complexity index is 1390. The number of fused-ring (bicyclic) bond motifs is 1. The molecule has 0 bridgehead atoms. The summed E-state index contributed by atoms with van der Waals surface area (Å²) in [6.07, 6.45) is -0.827. The zero-order valence-electron chi connectivity index (χ0n) is 21.9. The summed E-state index contributed by atoms with van der Waals surface area (Å²) in [5.74, 6) is -1.15. The van der Waals surface area contributed by atoms with Crippen molar-refractivity contribution < 1.29 is 32.2 Å². The highest BCUT2D eigenvalue weighted by Gasteiger charge is 2.46. The zero-order valence-corrected chi connectivity index (χ0v) is 21.9. The van der Waals surface area contributed by atoms with Crippen molar-refractivity contribution >= 4 is 6.09 Å². The molecule has 1 aromatic carbocycles. The summed E-state index contributed by atoms with van der Waals surface area (Å²) < 4.78 is 65.5. The maximum absolute atomic E-state index is 14.8. The van der Waals surface area contributed by atoms with Gasteiger partial charge in [0.1, 0.15) is 24.1 Å². The lowest BCUT2D eigenvalue weighted by molar-refractivity contribution is -0.103. The Balaban J connectivity index is 1.46. The second-order valence-corrected chi connectivity index (χ2v) is 10.8. The molecule has 1 fully saturated rings. The number of hydrogen-bond acceptors (Lipinski definition) is 6. The number of carbonyl (C=O) groups is 1. The SMILES string of the molecule is Cn1ncnc1-c1nc2c(n1C(F)F)CN([C@H]1CO[C@H](c3cc(F)ccc3F)[C@@H](N(C(=O)O)C(C)(C)C)C1)C2. The van der Waals surface area contributed by atoms with Gasteiger partial charge in [-0.15, -0.1) is 0 Å². The summed E-state index contributed by atoms with van der Waals surface area (Å²) >= 11 is 0. The molecule has 5 rings (SSSR count). The van der Waals surface area contributed by atoms with E-state index in [-0.39, 0.29) is 43.3 Å². The van der Waals surface area contributed by atoms with E-state index in [1.807, 2.05) is 4.90 Å². The molecule has 1 N–H and O–H groups in total. The molecule has 1 amide bonds. The molecule has 10 nitrogen and oxygen atoms in total. The van der Waals surface area contributed by atoms with Gasteiger partial charge in [0.2, 0.25) is 0 Å². The molecular formula is C25H29F4N7O3. The summed E-state index contributed by atoms with van der Waals surface area (Å²) in [7, 11) is 1.59. The number of aromatic nitrogens is 5. The molecule has 0 spiro atoms. The van der Waals surface area contributed by atoms with E-state index in [2.05, 4.69) is 15.1 Å². The molecule has 210 valence electrons. The topological polar surface area (TPSA) is 102 Å². The standard InChI is InChI=1S/C25H29F4N7O3/c1-25(2,3)36(24(37)38)18-8-14(11-39-20(18)15-7-13(26)5-6-16(15)27)34-9-17-19(10-34)35(23(28)29)22(32-17)21-30-12-31-33(21)4/h5-7,12,14,18,20,23H,8-11H2,1-4H3,(H,37,38)/t14-,18+,20-/m1/s1. The predicted octanol–water partition coefficient (Wildman–Crippen LogP) is 4.34. The van der Waals surface area contributed by atoms with Crippen LogP contribution in [0.1, 0.15) is 56.8 Å². The first-order valence-electron chi connectivity index (χ1n) is 12.4. The Morgan fingerprint density at radius 1 is 1.21 bits per heavy atom. The Morgan fingerprint density at radius 2 is 1.95 bits per heavy atom. The number of alkyl halides is 2. The molecule has 0 saturated carbocycles. The predicted molar refractivity (Wildman–Crippen MR) is 130 cm³/mol. The van der Waals surface area contributed by atoms with Crippen molar-refractivity contribution in [3.8, 4) is 11.6 Å². The molecule has 0 aliphatic carbocycles. The van der Waals surface area contributed by atoms with Crippen LogP contribution in [0.2, 0.25) is 0 Å². The third-order valence-corrected chi connectivity index (χ3v) is 7.28. The van der Waals surface area contributed by atoms with Crippen molar-refractivity contribution in [3.63, 3.8) is 0 Å². The Kier molecular flexibility index (Phi) is 6.87. The molecule has 2 aromatic heterocycles. The first-order valence-corrected chi connectivity index (χ1v) is 12.4. The number of rotatable bonds is 5. The summed E-state index contributed by atoms with van der Waals surface area (Å²) in [5.41, 5.74) is -0.188. The summed E-state index contributed by atoms with van der Waals surface area (Å²) in [6, 6.07) is 1.72. The number of amides is 1. The lowest BCUT2D eigenvalue weighted by Crippen LogP contribution is -2.58. The van der Waals surface area contributed by atoms with Gasteiger partial charge in [-0.05, 0) is 45.4 Å². The number of benzene rings is 1. The minimum atomic E-state index is -2.87. The summed E-state index contributed by atoms with van der Waals surface area (Å²) in [4.78, 5) is 24.0. The van der Waals surface area contributed by atoms with Gasteiger partial charge in [-0.25, -0.2) is 28.2 Å². The largest absolute Gasteiger partial charge is 0.465 e. The van der Waals surface area contributed by atoms with Crippen molar-refractivity contribution in [1.82, 2.24) is 34.1 Å². The zero-order chi connectivity index (χ0) is 28.2. The van der Waals surface area contributed by atoms with E-state index < -0.39 is 48.0 Å². The van der Waals surface area contributed by atoms with Crippen LogP contribution in [0.25, 0.3) is 11.6 Å². The first-order chi connectivity index (χ1) is 18.4. The van der Waals surface area contributed by atoms with Gasteiger partial charge >= 0.3 is 12.6 Å². The van der Waals surface area contributed by atoms with E-state index in [1.54, 1.807) is 27.8 Å². The first kappa shape index (κ1) is 27.1. The molecule has 3 atom stereocenters. The van der Waals surface area contributed by atoms with Crippen LogP contribution in [0.3, 0.4) is 0 Å². The van der Waals surface area contributed by atoms with Crippen molar-refractivity contribution in [3.05, 3.63) is 53.1 Å². The number of aryl methyl sites for hydroxylation is 1. The molecule has 39 heavy (non-hydrogen) atoms. The van der Waals surface area contributed by atoms with Gasteiger partial charge in [0.25, 0.3) is 0 Å². The van der Waals surface area contributed by atoms with Gasteiger partial charge in [-0.1, -0.05) is 0 Å². The van der Waals surface area contributed by atoms with Gasteiger partial charge < -0.3 is 9.84 Å². The van der Waals surface area contributed by atoms with Crippen molar-refractivity contribution in [2.75, 3.05) is 6.61 Å². The van der Waals surface area contributed by atoms with Crippen LogP contribution in [0.4, 0.5) is 22.4 Å². The van der Waals surface area contributed by atoms with E-state index in [1.165, 1.54) is 15.9 Å². The fraction of sp³-hybridized carbons (Fsp3) is 0.520. The average Bonchev–Trinajstić information content (AvgIpc) is 3.53. The number of hydrogen-bond donors (Lipinski definition) is 1. The van der Waals surface area contributed by atoms with Gasteiger partial charge in [-0.3, -0.25) is 14.4 Å². The highest BCUT2D eigenvalue weighted by atomic mass is 19.3. The van der Waals surface area contributed by atoms with E-state index >= 15 is 0 Å². The number of carboxylic acid groups (broad SMARTS) is 1. The van der Waals surface area contributed by atoms with Crippen LogP contribution in [0.5, 0.6) is 0 Å². The van der Waals surface area contributed by atoms with Crippen molar-refractivity contribution in [2.24, 2.45) is 7.05 Å². The normalized spacial score (nSPS) is 21.9. The number of nitrogens with zero attached hydrogens (tertiary/aromatic N) is 7. The van der Waals surface area contributed by atoms with Crippen molar-refractivity contribution in [1.29, 1.82) is 0 Å². The second-order valence-electron chi connectivity index (χ2n) is 10.8. The lowest BCUT2D eigenvalue weighted by atomic mass is 9.88.